The van der Waals surface area contributed by atoms with Crippen LogP contribution in [0.25, 0.3) is 10.9 Å². The van der Waals surface area contributed by atoms with E-state index in [0.29, 0.717) is 40.0 Å². The van der Waals surface area contributed by atoms with Gasteiger partial charge in [0.2, 0.25) is 5.91 Å². The number of fused-ring (bicyclic) bond motifs is 1. The summed E-state index contributed by atoms with van der Waals surface area (Å²) in [5.74, 6) is -0.939. The van der Waals surface area contributed by atoms with Crippen molar-refractivity contribution < 1.29 is 40.7 Å². The van der Waals surface area contributed by atoms with Crippen molar-refractivity contribution in [3.63, 3.8) is 0 Å². The van der Waals surface area contributed by atoms with Gasteiger partial charge in [0.25, 0.3) is 5.91 Å². The zero-order valence-corrected chi connectivity index (χ0v) is 20.1. The molecule has 2 amide bonds. The molecule has 1 aromatic heterocycles. The molecule has 0 radical (unpaired) electrons. The lowest BCUT2D eigenvalue weighted by atomic mass is 10.0. The second kappa shape index (κ2) is 10.2. The van der Waals surface area contributed by atoms with E-state index >= 15 is 0 Å². The number of ether oxygens (including phenoxy) is 1. The first-order valence-electron chi connectivity index (χ1n) is 11.1. The first kappa shape index (κ1) is 27.3. The van der Waals surface area contributed by atoms with Crippen LogP contribution in [0.5, 0.6) is 5.75 Å². The molecule has 0 aliphatic heterocycles. The predicted molar refractivity (Wildman–Crippen MR) is 128 cm³/mol. The van der Waals surface area contributed by atoms with Crippen molar-refractivity contribution in [2.75, 3.05) is 5.32 Å². The molecule has 4 rings (SSSR count). The van der Waals surface area contributed by atoms with Gasteiger partial charge >= 0.3 is 12.4 Å². The summed E-state index contributed by atoms with van der Waals surface area (Å²) in [6.07, 6.45) is -7.34. The lowest BCUT2D eigenvalue weighted by molar-refractivity contribution is -0.143. The number of hydrogen-bond donors (Lipinski definition) is 2. The number of halogens is 6. The van der Waals surface area contributed by atoms with Crippen LogP contribution < -0.4 is 15.4 Å². The Morgan fingerprint density at radius 3 is 2.18 bits per heavy atom. The molecular weight excluding hydrogens is 528 g/mol. The highest BCUT2D eigenvalue weighted by Crippen LogP contribution is 2.36. The number of alkyl halides is 6. The average Bonchev–Trinajstić information content (AvgIpc) is 2.84. The van der Waals surface area contributed by atoms with Crippen molar-refractivity contribution in [3.8, 4) is 5.75 Å². The van der Waals surface area contributed by atoms with Gasteiger partial charge in [0.15, 0.2) is 5.76 Å². The topological polar surface area (TPSA) is 80.3 Å². The molecule has 3 aromatic rings. The largest absolute Gasteiger partial charge is 0.447 e. The minimum atomic E-state index is -5.09. The van der Waals surface area contributed by atoms with Gasteiger partial charge < -0.3 is 15.4 Å². The monoisotopic (exact) mass is 545 g/mol. The molecule has 1 aliphatic rings. The quantitative estimate of drug-likeness (QED) is 0.283. The Bertz CT molecular complexity index is 1610. The Balaban J connectivity index is 1.64. The SMILES string of the molecule is CC(=O)Nc1cccc2c(OC3=C=C=C(NC(=O)c4cc(C(F)(F)F)cc(C(F)(F)F)c4)C=C3C)ccnc12. The van der Waals surface area contributed by atoms with Crippen molar-refractivity contribution >= 4 is 28.4 Å². The van der Waals surface area contributed by atoms with E-state index in [1.807, 2.05) is 0 Å². The van der Waals surface area contributed by atoms with E-state index in [1.165, 1.54) is 19.2 Å². The molecule has 0 bridgehead atoms. The summed E-state index contributed by atoms with van der Waals surface area (Å²) in [4.78, 5) is 28.3. The summed E-state index contributed by atoms with van der Waals surface area (Å²) in [5.41, 5.74) is 2.52. The van der Waals surface area contributed by atoms with Gasteiger partial charge in [-0.15, -0.1) is 0 Å². The van der Waals surface area contributed by atoms with Gasteiger partial charge in [-0.2, -0.15) is 26.3 Å². The van der Waals surface area contributed by atoms with Crippen molar-refractivity contribution in [2.45, 2.75) is 26.2 Å². The predicted octanol–water partition coefficient (Wildman–Crippen LogP) is 6.52. The first-order valence-corrected chi connectivity index (χ1v) is 11.1. The van der Waals surface area contributed by atoms with E-state index in [0.717, 1.165) is 0 Å². The molecule has 0 saturated carbocycles. The average molecular weight is 545 g/mol. The first-order chi connectivity index (χ1) is 18.2. The molecule has 39 heavy (non-hydrogen) atoms. The van der Waals surface area contributed by atoms with Gasteiger partial charge in [0, 0.05) is 29.6 Å². The minimum Gasteiger partial charge on any atom is -0.447 e. The lowest BCUT2D eigenvalue weighted by Crippen LogP contribution is -2.24. The molecule has 2 aromatic carbocycles. The number of allylic oxidation sites excluding steroid dienone is 2. The second-order valence-corrected chi connectivity index (χ2v) is 8.36. The fourth-order valence-corrected chi connectivity index (χ4v) is 3.63. The second-order valence-electron chi connectivity index (χ2n) is 8.36. The number of carbonyl (C=O) groups excluding carboxylic acids is 2. The fraction of sp³-hybridized carbons (Fsp3) is 0.148. The van der Waals surface area contributed by atoms with Crippen LogP contribution in [0.2, 0.25) is 0 Å². The normalized spacial score (nSPS) is 13.4. The van der Waals surface area contributed by atoms with E-state index in [2.05, 4.69) is 27.1 Å². The third-order valence-corrected chi connectivity index (χ3v) is 5.38. The van der Waals surface area contributed by atoms with Crippen LogP contribution in [0, 0.1) is 0 Å². The summed E-state index contributed by atoms with van der Waals surface area (Å²) in [5, 5.41) is 5.48. The number of amides is 2. The van der Waals surface area contributed by atoms with Crippen LogP contribution in [0.15, 0.2) is 83.2 Å². The zero-order chi connectivity index (χ0) is 28.5. The van der Waals surface area contributed by atoms with Crippen molar-refractivity contribution in [1.29, 1.82) is 0 Å². The molecule has 0 unspecified atom stereocenters. The standard InChI is InChI=1S/C27H17F6N3O3/c1-14-10-19(36-25(38)16-11-17(26(28,29)30)13-18(12-16)27(31,32)33)6-7-22(14)39-23-8-9-34-24-20(23)4-3-5-21(24)35-15(2)37/h3-5,8-13H,1-2H3,(H,35,37)(H,36,38). The highest BCUT2D eigenvalue weighted by atomic mass is 19.4. The number of para-hydroxylation sites is 1. The smallest absolute Gasteiger partial charge is 0.416 e. The number of rotatable bonds is 5. The van der Waals surface area contributed by atoms with E-state index in [1.54, 1.807) is 31.2 Å². The molecular formula is C27H17F6N3O3. The Kier molecular flexibility index (Phi) is 7.10. The Morgan fingerprint density at radius 2 is 1.59 bits per heavy atom. The molecule has 200 valence electrons. The van der Waals surface area contributed by atoms with Crippen LogP contribution in [0.3, 0.4) is 0 Å². The number of hydrogen-bond acceptors (Lipinski definition) is 4. The molecule has 0 fully saturated rings. The zero-order valence-electron chi connectivity index (χ0n) is 20.1. The van der Waals surface area contributed by atoms with Crippen LogP contribution >= 0.6 is 0 Å². The van der Waals surface area contributed by atoms with E-state index < -0.39 is 35.0 Å². The van der Waals surface area contributed by atoms with Gasteiger partial charge in [0.1, 0.15) is 5.75 Å². The van der Waals surface area contributed by atoms with E-state index in [9.17, 15) is 35.9 Å². The summed E-state index contributed by atoms with van der Waals surface area (Å²) in [6.45, 7) is 2.95. The lowest BCUT2D eigenvalue weighted by Gasteiger charge is -2.15. The number of nitrogens with one attached hydrogen (secondary N) is 2. The summed E-state index contributed by atoms with van der Waals surface area (Å²) in [7, 11) is 0. The number of pyridine rings is 1. The van der Waals surface area contributed by atoms with Crippen LogP contribution in [-0.2, 0) is 17.1 Å². The third kappa shape index (κ3) is 6.20. The number of benzene rings is 2. The molecule has 6 nitrogen and oxygen atoms in total. The van der Waals surface area contributed by atoms with Crippen molar-refractivity contribution in [3.05, 3.63) is 99.9 Å². The highest BCUT2D eigenvalue weighted by Gasteiger charge is 2.37. The fourth-order valence-electron chi connectivity index (χ4n) is 3.63. The molecule has 12 heteroatoms. The van der Waals surface area contributed by atoms with Crippen LogP contribution in [0.1, 0.15) is 35.3 Å². The molecule has 1 heterocycles. The number of carbonyl (C=O) groups is 2. The molecule has 0 spiro atoms. The molecule has 0 atom stereocenters. The Labute approximate surface area is 217 Å². The maximum absolute atomic E-state index is 13.1. The van der Waals surface area contributed by atoms with Gasteiger partial charge in [0.05, 0.1) is 28.0 Å². The maximum Gasteiger partial charge on any atom is 0.416 e. The van der Waals surface area contributed by atoms with Gasteiger partial charge in [-0.25, -0.2) is 0 Å². The van der Waals surface area contributed by atoms with E-state index in [4.69, 9.17) is 4.74 Å². The Morgan fingerprint density at radius 1 is 0.923 bits per heavy atom. The van der Waals surface area contributed by atoms with Gasteiger partial charge in [-0.05, 0) is 60.9 Å². The van der Waals surface area contributed by atoms with Crippen LogP contribution in [-0.4, -0.2) is 16.8 Å². The molecule has 1 aliphatic carbocycles. The minimum absolute atomic E-state index is 0.0525. The summed E-state index contributed by atoms with van der Waals surface area (Å²) in [6, 6.07) is 7.28. The van der Waals surface area contributed by atoms with E-state index in [-0.39, 0.29) is 23.4 Å². The van der Waals surface area contributed by atoms with Crippen molar-refractivity contribution in [2.24, 2.45) is 0 Å². The molecule has 2 N–H and O–H groups in total. The summed E-state index contributed by atoms with van der Waals surface area (Å²) >= 11 is 0. The van der Waals surface area contributed by atoms with Gasteiger partial charge in [-0.1, -0.05) is 6.07 Å². The number of aromatic nitrogens is 1. The summed E-state index contributed by atoms with van der Waals surface area (Å²) < 4.78 is 84.7. The molecule has 0 saturated heterocycles. The number of nitrogens with zero attached hydrogens (tertiary/aromatic N) is 1. The van der Waals surface area contributed by atoms with Crippen molar-refractivity contribution in [1.82, 2.24) is 10.3 Å². The third-order valence-electron chi connectivity index (χ3n) is 5.38. The number of anilines is 1. The maximum atomic E-state index is 13.1. The van der Waals surface area contributed by atoms with Gasteiger partial charge in [-0.3, -0.25) is 14.6 Å². The highest BCUT2D eigenvalue weighted by molar-refractivity contribution is 6.01. The van der Waals surface area contributed by atoms with Crippen LogP contribution in [0.4, 0.5) is 32.0 Å². The Hall–Kier alpha value is -4.79.